The molecule has 0 aliphatic heterocycles. The van der Waals surface area contributed by atoms with Gasteiger partial charge in [-0.1, -0.05) is 31.2 Å². The van der Waals surface area contributed by atoms with Gasteiger partial charge in [0.1, 0.15) is 5.82 Å². The van der Waals surface area contributed by atoms with Crippen molar-refractivity contribution in [2.24, 2.45) is 0 Å². The highest BCUT2D eigenvalue weighted by Crippen LogP contribution is 2.25. The lowest BCUT2D eigenvalue weighted by atomic mass is 10.1. The molecule has 0 radical (unpaired) electrons. The predicted octanol–water partition coefficient (Wildman–Crippen LogP) is 2.43. The maximum Gasteiger partial charge on any atom is 0.136 e. The zero-order valence-electron chi connectivity index (χ0n) is 12.5. The fraction of sp³-hybridized carbons (Fsp3) is 0.438. The molecule has 0 aliphatic rings. The Morgan fingerprint density at radius 2 is 2.10 bits per heavy atom. The molecule has 0 unspecified atom stereocenters. The summed E-state index contributed by atoms with van der Waals surface area (Å²) >= 11 is 0. The second-order valence-corrected chi connectivity index (χ2v) is 4.85. The van der Waals surface area contributed by atoms with E-state index in [9.17, 15) is 0 Å². The van der Waals surface area contributed by atoms with Crippen LogP contribution < -0.4 is 10.2 Å². The number of rotatable bonds is 7. The summed E-state index contributed by atoms with van der Waals surface area (Å²) in [6.07, 6.45) is 0. The Morgan fingerprint density at radius 1 is 1.30 bits per heavy atom. The van der Waals surface area contributed by atoms with Crippen molar-refractivity contribution in [3.05, 3.63) is 36.0 Å². The van der Waals surface area contributed by atoms with Crippen LogP contribution in [-0.2, 0) is 11.3 Å². The number of likely N-dealkylation sites (N-methyl/N-ethyl adjacent to an activating group) is 1. The van der Waals surface area contributed by atoms with Gasteiger partial charge in [0.25, 0.3) is 0 Å². The molecule has 4 nitrogen and oxygen atoms in total. The van der Waals surface area contributed by atoms with Crippen LogP contribution in [0, 0.1) is 0 Å². The van der Waals surface area contributed by atoms with Crippen molar-refractivity contribution < 1.29 is 4.74 Å². The van der Waals surface area contributed by atoms with E-state index < -0.39 is 0 Å². The Kier molecular flexibility index (Phi) is 5.32. The van der Waals surface area contributed by atoms with Gasteiger partial charge in [-0.05, 0) is 18.0 Å². The summed E-state index contributed by atoms with van der Waals surface area (Å²) in [4.78, 5) is 6.95. The third-order valence-corrected chi connectivity index (χ3v) is 3.32. The van der Waals surface area contributed by atoms with E-state index in [2.05, 4.69) is 54.5 Å². The normalized spacial score (nSPS) is 10.9. The van der Waals surface area contributed by atoms with E-state index in [1.165, 1.54) is 10.8 Å². The van der Waals surface area contributed by atoms with Crippen LogP contribution in [0.4, 0.5) is 5.82 Å². The van der Waals surface area contributed by atoms with Crippen LogP contribution in [0.15, 0.2) is 30.3 Å². The minimum absolute atomic E-state index is 0.698. The van der Waals surface area contributed by atoms with Gasteiger partial charge in [0.05, 0.1) is 12.3 Å². The smallest absolute Gasteiger partial charge is 0.136 e. The van der Waals surface area contributed by atoms with Gasteiger partial charge < -0.3 is 15.0 Å². The first-order valence-electron chi connectivity index (χ1n) is 7.05. The first-order chi connectivity index (χ1) is 9.76. The van der Waals surface area contributed by atoms with Gasteiger partial charge in [0, 0.05) is 32.6 Å². The highest BCUT2D eigenvalue weighted by Gasteiger charge is 2.09. The number of nitrogens with zero attached hydrogens (tertiary/aromatic N) is 2. The van der Waals surface area contributed by atoms with Crippen LogP contribution in [0.3, 0.4) is 0 Å². The molecule has 4 heteroatoms. The lowest BCUT2D eigenvalue weighted by molar-refractivity contribution is 0.206. The van der Waals surface area contributed by atoms with E-state index in [0.717, 1.165) is 31.1 Å². The van der Waals surface area contributed by atoms with Crippen molar-refractivity contribution >= 4 is 16.6 Å². The average Bonchev–Trinajstić information content (AvgIpc) is 2.49. The number of aromatic nitrogens is 1. The average molecular weight is 273 g/mol. The van der Waals surface area contributed by atoms with Crippen LogP contribution in [-0.4, -0.2) is 38.8 Å². The fourth-order valence-corrected chi connectivity index (χ4v) is 2.20. The van der Waals surface area contributed by atoms with Crippen LogP contribution in [0.1, 0.15) is 12.6 Å². The molecular weight excluding hydrogens is 250 g/mol. The predicted molar refractivity (Wildman–Crippen MR) is 84.3 cm³/mol. The van der Waals surface area contributed by atoms with E-state index >= 15 is 0 Å². The third kappa shape index (κ3) is 3.46. The van der Waals surface area contributed by atoms with E-state index in [4.69, 9.17) is 9.72 Å². The fourth-order valence-electron chi connectivity index (χ4n) is 2.20. The molecule has 0 saturated heterocycles. The number of ether oxygens (including phenoxy) is 1. The number of hydrogen-bond donors (Lipinski definition) is 1. The van der Waals surface area contributed by atoms with Gasteiger partial charge in [-0.2, -0.15) is 0 Å². The van der Waals surface area contributed by atoms with Crippen LogP contribution in [0.5, 0.6) is 0 Å². The second-order valence-electron chi connectivity index (χ2n) is 4.85. The Balaban J connectivity index is 2.38. The lowest BCUT2D eigenvalue weighted by Crippen LogP contribution is -2.24. The van der Waals surface area contributed by atoms with Gasteiger partial charge in [0.2, 0.25) is 0 Å². The van der Waals surface area contributed by atoms with Gasteiger partial charge in [-0.25, -0.2) is 4.98 Å². The number of nitrogens with one attached hydrogen (secondary N) is 1. The number of anilines is 1. The topological polar surface area (TPSA) is 37.4 Å². The molecule has 1 aromatic heterocycles. The van der Waals surface area contributed by atoms with Crippen LogP contribution in [0.25, 0.3) is 10.8 Å². The summed E-state index contributed by atoms with van der Waals surface area (Å²) in [6, 6.07) is 10.5. The highest BCUT2D eigenvalue weighted by atomic mass is 16.5. The van der Waals surface area contributed by atoms with Gasteiger partial charge in [0.15, 0.2) is 0 Å². The minimum Gasteiger partial charge on any atom is -0.383 e. The Bertz CT molecular complexity index is 556. The van der Waals surface area contributed by atoms with E-state index in [0.29, 0.717) is 6.61 Å². The van der Waals surface area contributed by atoms with Gasteiger partial charge in [-0.15, -0.1) is 0 Å². The van der Waals surface area contributed by atoms with Crippen LogP contribution in [0.2, 0.25) is 0 Å². The second kappa shape index (κ2) is 7.22. The third-order valence-electron chi connectivity index (χ3n) is 3.32. The molecular formula is C16H23N3O. The lowest BCUT2D eigenvalue weighted by Gasteiger charge is -2.20. The molecule has 1 heterocycles. The number of benzene rings is 1. The molecule has 0 bridgehead atoms. The molecule has 108 valence electrons. The largest absolute Gasteiger partial charge is 0.383 e. The van der Waals surface area contributed by atoms with E-state index in [-0.39, 0.29) is 0 Å². The zero-order chi connectivity index (χ0) is 14.4. The van der Waals surface area contributed by atoms with Crippen molar-refractivity contribution in [1.82, 2.24) is 10.3 Å². The summed E-state index contributed by atoms with van der Waals surface area (Å²) < 4.78 is 5.16. The first-order valence-corrected chi connectivity index (χ1v) is 7.05. The molecule has 0 fully saturated rings. The molecule has 0 aliphatic carbocycles. The molecule has 20 heavy (non-hydrogen) atoms. The molecule has 0 spiro atoms. The molecule has 0 amide bonds. The monoisotopic (exact) mass is 273 g/mol. The van der Waals surface area contributed by atoms with Crippen molar-refractivity contribution in [1.29, 1.82) is 0 Å². The Labute approximate surface area is 120 Å². The summed E-state index contributed by atoms with van der Waals surface area (Å²) in [5.41, 5.74) is 1.07. The summed E-state index contributed by atoms with van der Waals surface area (Å²) in [7, 11) is 3.78. The first kappa shape index (κ1) is 14.8. The SMILES string of the molecule is CCNCc1cc2ccccc2c(N(C)CCOC)n1. The Hall–Kier alpha value is -1.65. The van der Waals surface area contributed by atoms with Crippen molar-refractivity contribution in [2.75, 3.05) is 38.8 Å². The highest BCUT2D eigenvalue weighted by molar-refractivity contribution is 5.92. The molecule has 0 saturated carbocycles. The number of pyridine rings is 1. The Morgan fingerprint density at radius 3 is 2.85 bits per heavy atom. The molecule has 1 N–H and O–H groups in total. The van der Waals surface area contributed by atoms with Crippen LogP contribution >= 0.6 is 0 Å². The summed E-state index contributed by atoms with van der Waals surface area (Å²) in [5.74, 6) is 1.02. The molecule has 0 atom stereocenters. The zero-order valence-corrected chi connectivity index (χ0v) is 12.5. The van der Waals surface area contributed by atoms with Gasteiger partial charge in [-0.3, -0.25) is 0 Å². The maximum absolute atomic E-state index is 5.16. The summed E-state index contributed by atoms with van der Waals surface area (Å²) in [5, 5.41) is 5.75. The van der Waals surface area contributed by atoms with Crippen molar-refractivity contribution in [3.8, 4) is 0 Å². The molecule has 2 rings (SSSR count). The standard InChI is InChI=1S/C16H23N3O/c1-4-17-12-14-11-13-7-5-6-8-15(13)16(18-14)19(2)9-10-20-3/h5-8,11,17H,4,9-10,12H2,1-3H3. The quantitative estimate of drug-likeness (QED) is 0.840. The van der Waals surface area contributed by atoms with E-state index in [1.807, 2.05) is 0 Å². The maximum atomic E-state index is 5.16. The number of hydrogen-bond acceptors (Lipinski definition) is 4. The number of fused-ring (bicyclic) bond motifs is 1. The molecule has 1 aromatic carbocycles. The number of methoxy groups -OCH3 is 1. The van der Waals surface area contributed by atoms with E-state index in [1.54, 1.807) is 7.11 Å². The minimum atomic E-state index is 0.698. The van der Waals surface area contributed by atoms with Crippen molar-refractivity contribution in [3.63, 3.8) is 0 Å². The van der Waals surface area contributed by atoms with Crippen molar-refractivity contribution in [2.45, 2.75) is 13.5 Å². The summed E-state index contributed by atoms with van der Waals surface area (Å²) in [6.45, 7) is 5.38. The van der Waals surface area contributed by atoms with Gasteiger partial charge >= 0.3 is 0 Å². The molecule has 2 aromatic rings.